The van der Waals surface area contributed by atoms with Gasteiger partial charge in [-0.1, -0.05) is 65.0 Å². The Hall–Kier alpha value is -2.39. The number of esters is 1. The van der Waals surface area contributed by atoms with Gasteiger partial charge in [0, 0.05) is 28.7 Å². The fourth-order valence-corrected chi connectivity index (χ4v) is 10.0. The Bertz CT molecular complexity index is 1290. The number of carbonyl (C=O) groups is 4. The number of amides is 1. The maximum absolute atomic E-state index is 17.4. The van der Waals surface area contributed by atoms with Gasteiger partial charge in [0.1, 0.15) is 5.60 Å². The minimum absolute atomic E-state index is 0.00191. The topological polar surface area (TPSA) is 130 Å². The summed E-state index contributed by atoms with van der Waals surface area (Å²) in [6, 6.07) is 0.216. The number of nitrogens with one attached hydrogen (secondary N) is 1. The molecule has 1 amide bonds. The number of ketones is 2. The molecule has 0 aliphatic heterocycles. The molecule has 2 unspecified atom stereocenters. The van der Waals surface area contributed by atoms with Gasteiger partial charge in [-0.05, 0) is 82.3 Å². The molecule has 8 nitrogen and oxygen atoms in total. The van der Waals surface area contributed by atoms with Crippen LogP contribution in [-0.2, 0) is 23.9 Å². The van der Waals surface area contributed by atoms with E-state index in [1.54, 1.807) is 33.8 Å². The molecule has 5 aliphatic rings. The minimum atomic E-state index is -2.06. The first kappa shape index (κ1) is 34.9. The van der Waals surface area contributed by atoms with Crippen molar-refractivity contribution in [3.63, 3.8) is 0 Å². The van der Waals surface area contributed by atoms with Gasteiger partial charge < -0.3 is 20.3 Å². The van der Waals surface area contributed by atoms with Crippen LogP contribution in [0.4, 0.5) is 4.39 Å². The summed E-state index contributed by atoms with van der Waals surface area (Å²) in [6.45, 7) is 8.24. The highest BCUT2D eigenvalue weighted by Crippen LogP contribution is 2.70. The Balaban J connectivity index is 1.20. The van der Waals surface area contributed by atoms with Crippen LogP contribution in [0.25, 0.3) is 0 Å². The van der Waals surface area contributed by atoms with E-state index in [-0.39, 0.29) is 30.1 Å². The number of fused-ring (bicyclic) bond motifs is 5. The lowest BCUT2D eigenvalue weighted by atomic mass is 9.44. The van der Waals surface area contributed by atoms with Gasteiger partial charge in [-0.3, -0.25) is 19.2 Å². The number of aliphatic hydroxyl groups excluding tert-OH is 1. The zero-order valence-electron chi connectivity index (χ0n) is 28.3. The Morgan fingerprint density at radius 2 is 1.70 bits per heavy atom. The van der Waals surface area contributed by atoms with Crippen LogP contribution in [0.2, 0.25) is 0 Å². The lowest BCUT2D eigenvalue weighted by Gasteiger charge is -2.62. The SMILES string of the molecule is CC(CCC(C)C(=O)OCC(=O)[C@@]1(O)[C@H](C)C[C@H]2[C@@H]3CCC4=CC(=O)C=C[C@]4(C)[C@@]3(F)[C@@H](O)C[C@@]21C)C(=O)NC1CCCCCC1. The van der Waals surface area contributed by atoms with Gasteiger partial charge >= 0.3 is 5.97 Å². The number of carbonyl (C=O) groups excluding carboxylic acids is 4. The number of hydrogen-bond acceptors (Lipinski definition) is 7. The summed E-state index contributed by atoms with van der Waals surface area (Å²) >= 11 is 0. The van der Waals surface area contributed by atoms with E-state index < -0.39 is 70.2 Å². The number of Topliss-reactive ketones (excluding diaryl/α,β-unsaturated/α-hetero) is 1. The van der Waals surface area contributed by atoms with E-state index in [0.717, 1.165) is 25.7 Å². The second-order valence-corrected chi connectivity index (χ2v) is 15.8. The number of rotatable bonds is 9. The van der Waals surface area contributed by atoms with Crippen molar-refractivity contribution >= 4 is 23.4 Å². The summed E-state index contributed by atoms with van der Waals surface area (Å²) in [4.78, 5) is 51.6. The predicted molar refractivity (Wildman–Crippen MR) is 171 cm³/mol. The number of aliphatic hydroxyl groups is 2. The summed E-state index contributed by atoms with van der Waals surface area (Å²) in [6.07, 6.45) is 11.8. The molecule has 4 saturated carbocycles. The Labute approximate surface area is 273 Å². The third-order valence-electron chi connectivity index (χ3n) is 13.1. The Morgan fingerprint density at radius 3 is 2.37 bits per heavy atom. The van der Waals surface area contributed by atoms with Gasteiger partial charge in [0.2, 0.25) is 11.7 Å². The Kier molecular flexibility index (Phi) is 9.80. The summed E-state index contributed by atoms with van der Waals surface area (Å²) in [5.74, 6) is -3.74. The van der Waals surface area contributed by atoms with Gasteiger partial charge in [-0.2, -0.15) is 0 Å². The molecule has 0 saturated heterocycles. The smallest absolute Gasteiger partial charge is 0.309 e. The standard InChI is InChI=1S/C37H54FNO7/c1-22(32(43)39-26-10-8-6-7-9-11-26)12-13-23(2)33(44)46-21-31(42)37(45)24(3)18-29-28-15-14-25-19-27(40)16-17-34(25,4)36(28,38)30(41)20-35(29,37)5/h16-17,19,22-24,26,28-30,41,45H,6-15,18,20-21H2,1-5H3,(H,39,43)/t22?,23?,24-,28+,29+,30+,34+,35+,36+,37+/m1/s1. The summed E-state index contributed by atoms with van der Waals surface area (Å²) in [5, 5.41) is 26.9. The van der Waals surface area contributed by atoms with Crippen molar-refractivity contribution in [1.82, 2.24) is 5.32 Å². The van der Waals surface area contributed by atoms with Crippen molar-refractivity contribution < 1.29 is 38.5 Å². The minimum Gasteiger partial charge on any atom is -0.457 e. The normalized spacial score (nSPS) is 40.4. The summed E-state index contributed by atoms with van der Waals surface area (Å²) < 4.78 is 22.8. The molecular weight excluding hydrogens is 589 g/mol. The van der Waals surface area contributed by atoms with Crippen molar-refractivity contribution in [3.8, 4) is 0 Å². The molecule has 9 heteroatoms. The van der Waals surface area contributed by atoms with E-state index in [9.17, 15) is 29.4 Å². The zero-order valence-corrected chi connectivity index (χ0v) is 28.3. The number of allylic oxidation sites excluding steroid dienone is 4. The van der Waals surface area contributed by atoms with Gasteiger partial charge in [-0.15, -0.1) is 0 Å². The van der Waals surface area contributed by atoms with Crippen LogP contribution in [0, 0.1) is 40.4 Å². The monoisotopic (exact) mass is 643 g/mol. The molecule has 5 rings (SSSR count). The lowest BCUT2D eigenvalue weighted by molar-refractivity contribution is -0.220. The van der Waals surface area contributed by atoms with Crippen LogP contribution in [-0.4, -0.2) is 63.7 Å². The quantitative estimate of drug-likeness (QED) is 0.229. The fraction of sp³-hybridized carbons (Fsp3) is 0.784. The number of hydrogen-bond donors (Lipinski definition) is 3. The van der Waals surface area contributed by atoms with Gasteiger partial charge in [0.15, 0.2) is 18.1 Å². The van der Waals surface area contributed by atoms with E-state index >= 15 is 4.39 Å². The highest BCUT2D eigenvalue weighted by atomic mass is 19.1. The van der Waals surface area contributed by atoms with Crippen LogP contribution >= 0.6 is 0 Å². The summed E-state index contributed by atoms with van der Waals surface area (Å²) in [5.41, 5.74) is -5.58. The van der Waals surface area contributed by atoms with Gasteiger partial charge in [-0.25, -0.2) is 4.39 Å². The van der Waals surface area contributed by atoms with Crippen molar-refractivity contribution in [2.45, 2.75) is 135 Å². The molecule has 5 aliphatic carbocycles. The molecule has 4 fully saturated rings. The highest BCUT2D eigenvalue weighted by molar-refractivity contribution is 6.01. The molecule has 0 spiro atoms. The Morgan fingerprint density at radius 1 is 1.04 bits per heavy atom. The molecule has 3 N–H and O–H groups in total. The number of ether oxygens (including phenoxy) is 1. The fourth-order valence-electron chi connectivity index (χ4n) is 10.0. The largest absolute Gasteiger partial charge is 0.457 e. The van der Waals surface area contributed by atoms with Crippen molar-refractivity contribution in [2.75, 3.05) is 6.61 Å². The van der Waals surface area contributed by atoms with Crippen LogP contribution in [0.1, 0.15) is 112 Å². The van der Waals surface area contributed by atoms with E-state index in [4.69, 9.17) is 4.74 Å². The van der Waals surface area contributed by atoms with Gasteiger partial charge in [0.25, 0.3) is 0 Å². The molecular formula is C37H54FNO7. The third kappa shape index (κ3) is 5.61. The maximum Gasteiger partial charge on any atom is 0.309 e. The molecule has 0 radical (unpaired) electrons. The van der Waals surface area contributed by atoms with Crippen LogP contribution in [0.5, 0.6) is 0 Å². The average Bonchev–Trinajstić information content (AvgIpc) is 3.17. The summed E-state index contributed by atoms with van der Waals surface area (Å²) in [7, 11) is 0. The number of halogens is 1. The second kappa shape index (κ2) is 12.9. The number of alkyl halides is 1. The van der Waals surface area contributed by atoms with Crippen molar-refractivity contribution in [3.05, 3.63) is 23.8 Å². The van der Waals surface area contributed by atoms with E-state index in [2.05, 4.69) is 5.32 Å². The lowest BCUT2D eigenvalue weighted by Crippen LogP contribution is -2.69. The van der Waals surface area contributed by atoms with E-state index in [1.807, 2.05) is 6.92 Å². The molecule has 0 heterocycles. The average molecular weight is 644 g/mol. The van der Waals surface area contributed by atoms with Crippen LogP contribution < -0.4 is 5.32 Å². The molecule has 46 heavy (non-hydrogen) atoms. The van der Waals surface area contributed by atoms with Crippen molar-refractivity contribution in [1.29, 1.82) is 0 Å². The molecule has 256 valence electrons. The van der Waals surface area contributed by atoms with Gasteiger partial charge in [0.05, 0.1) is 12.0 Å². The predicted octanol–water partition coefficient (Wildman–Crippen LogP) is 5.34. The molecule has 0 aromatic heterocycles. The maximum atomic E-state index is 17.4. The molecule has 0 bridgehead atoms. The van der Waals surface area contributed by atoms with E-state index in [0.29, 0.717) is 37.7 Å². The molecule has 0 aromatic rings. The van der Waals surface area contributed by atoms with Crippen molar-refractivity contribution in [2.24, 2.45) is 40.4 Å². The first-order chi connectivity index (χ1) is 21.6. The van der Waals surface area contributed by atoms with Crippen LogP contribution in [0.3, 0.4) is 0 Å². The molecule has 10 atom stereocenters. The third-order valence-corrected chi connectivity index (χ3v) is 13.1. The van der Waals surface area contributed by atoms with Crippen LogP contribution in [0.15, 0.2) is 23.8 Å². The first-order valence-electron chi connectivity index (χ1n) is 17.6. The highest BCUT2D eigenvalue weighted by Gasteiger charge is 2.75. The molecule has 0 aromatic carbocycles. The first-order valence-corrected chi connectivity index (χ1v) is 17.6. The zero-order chi connectivity index (χ0) is 33.7. The van der Waals surface area contributed by atoms with E-state index in [1.165, 1.54) is 25.0 Å². The second-order valence-electron chi connectivity index (χ2n) is 15.8.